The number of amides is 1. The molecule has 0 aliphatic rings. The van der Waals surface area contributed by atoms with Crippen LogP contribution >= 0.6 is 11.6 Å². The van der Waals surface area contributed by atoms with E-state index in [2.05, 4.69) is 10.4 Å². The molecule has 1 aromatic heterocycles. The molecule has 1 N–H and O–H groups in total. The molecule has 1 aromatic carbocycles. The van der Waals surface area contributed by atoms with Gasteiger partial charge in [0.15, 0.2) is 5.69 Å². The lowest BCUT2D eigenvalue weighted by Gasteiger charge is -2.06. The fourth-order valence-corrected chi connectivity index (χ4v) is 2.20. The molecule has 0 aliphatic heterocycles. The quantitative estimate of drug-likeness (QED) is 0.681. The third kappa shape index (κ3) is 3.26. The number of anilines is 1. The fraction of sp³-hybridized carbons (Fsp3) is 0.167. The van der Waals surface area contributed by atoms with Gasteiger partial charge in [0.25, 0.3) is 11.6 Å². The van der Waals surface area contributed by atoms with Gasteiger partial charge in [-0.2, -0.15) is 18.3 Å². The minimum absolute atomic E-state index is 0.173. The molecule has 0 saturated carbocycles. The molecule has 23 heavy (non-hydrogen) atoms. The van der Waals surface area contributed by atoms with Crippen LogP contribution in [0.4, 0.5) is 24.5 Å². The number of hydrogen-bond donors (Lipinski definition) is 1. The van der Waals surface area contributed by atoms with Crippen molar-refractivity contribution < 1.29 is 22.9 Å². The number of halogens is 4. The van der Waals surface area contributed by atoms with Gasteiger partial charge in [0.2, 0.25) is 0 Å². The van der Waals surface area contributed by atoms with Crippen LogP contribution in [0.2, 0.25) is 5.02 Å². The van der Waals surface area contributed by atoms with E-state index in [4.69, 9.17) is 11.6 Å². The molecule has 0 saturated heterocycles. The maximum absolute atomic E-state index is 12.7. The minimum atomic E-state index is -4.83. The third-order valence-electron chi connectivity index (χ3n) is 2.82. The summed E-state index contributed by atoms with van der Waals surface area (Å²) in [7, 11) is 1.11. The highest BCUT2D eigenvalue weighted by molar-refractivity contribution is 6.34. The molecule has 1 heterocycles. The maximum Gasteiger partial charge on any atom is 0.436 e. The van der Waals surface area contributed by atoms with Crippen molar-refractivity contribution >= 4 is 28.9 Å². The molecule has 0 bridgehead atoms. The van der Waals surface area contributed by atoms with Gasteiger partial charge in [0, 0.05) is 13.1 Å². The second-order valence-electron chi connectivity index (χ2n) is 4.36. The molecule has 0 radical (unpaired) electrons. The molecule has 0 fully saturated rings. The Morgan fingerprint density at radius 3 is 2.52 bits per heavy atom. The van der Waals surface area contributed by atoms with Crippen LogP contribution in [0.15, 0.2) is 24.3 Å². The molecule has 2 rings (SSSR count). The van der Waals surface area contributed by atoms with E-state index in [0.717, 1.165) is 13.1 Å². The number of nitrogens with one attached hydrogen (secondary N) is 1. The molecular weight excluding hydrogens is 341 g/mol. The topological polar surface area (TPSA) is 90.1 Å². The summed E-state index contributed by atoms with van der Waals surface area (Å²) in [6.45, 7) is 0. The van der Waals surface area contributed by atoms with Crippen molar-refractivity contribution in [3.05, 3.63) is 50.8 Å². The van der Waals surface area contributed by atoms with Gasteiger partial charge in [-0.3, -0.25) is 19.6 Å². The molecular formula is C12H8ClF3N4O3. The first kappa shape index (κ1) is 16.7. The second-order valence-corrected chi connectivity index (χ2v) is 4.74. The molecule has 122 valence electrons. The molecule has 11 heteroatoms. The SMILES string of the molecule is Cn1nc(C(F)(F)F)c(Cl)c1C(=O)Nc1ccccc1[N+](=O)[O-]. The largest absolute Gasteiger partial charge is 0.436 e. The summed E-state index contributed by atoms with van der Waals surface area (Å²) in [4.78, 5) is 22.3. The summed E-state index contributed by atoms with van der Waals surface area (Å²) in [6.07, 6.45) is -4.83. The molecule has 0 atom stereocenters. The Labute approximate surface area is 131 Å². The summed E-state index contributed by atoms with van der Waals surface area (Å²) >= 11 is 5.58. The Morgan fingerprint density at radius 1 is 1.39 bits per heavy atom. The average molecular weight is 349 g/mol. The van der Waals surface area contributed by atoms with Crippen LogP contribution < -0.4 is 5.32 Å². The number of alkyl halides is 3. The van der Waals surface area contributed by atoms with E-state index in [1.54, 1.807) is 0 Å². The zero-order valence-corrected chi connectivity index (χ0v) is 12.1. The minimum Gasteiger partial charge on any atom is -0.315 e. The van der Waals surface area contributed by atoms with E-state index in [-0.39, 0.29) is 5.69 Å². The van der Waals surface area contributed by atoms with Crippen LogP contribution in [0, 0.1) is 10.1 Å². The number of aryl methyl sites for hydroxylation is 1. The number of carbonyl (C=O) groups is 1. The van der Waals surface area contributed by atoms with Crippen molar-refractivity contribution in [2.24, 2.45) is 7.05 Å². The van der Waals surface area contributed by atoms with Crippen molar-refractivity contribution in [1.29, 1.82) is 0 Å². The average Bonchev–Trinajstić information content (AvgIpc) is 2.74. The van der Waals surface area contributed by atoms with E-state index in [0.29, 0.717) is 4.68 Å². The number of aromatic nitrogens is 2. The Kier molecular flexibility index (Phi) is 4.28. The molecule has 7 nitrogen and oxygen atoms in total. The van der Waals surface area contributed by atoms with E-state index >= 15 is 0 Å². The summed E-state index contributed by atoms with van der Waals surface area (Å²) in [5, 5.41) is 15.3. The van der Waals surface area contributed by atoms with Gasteiger partial charge in [-0.1, -0.05) is 23.7 Å². The molecule has 1 amide bonds. The first-order valence-corrected chi connectivity index (χ1v) is 6.35. The van der Waals surface area contributed by atoms with Crippen molar-refractivity contribution in [2.45, 2.75) is 6.18 Å². The van der Waals surface area contributed by atoms with Crippen LogP contribution in [0.25, 0.3) is 0 Å². The third-order valence-corrected chi connectivity index (χ3v) is 3.18. The summed E-state index contributed by atoms with van der Waals surface area (Å²) in [5.74, 6) is -1.05. The van der Waals surface area contributed by atoms with Crippen molar-refractivity contribution in [1.82, 2.24) is 9.78 Å². The normalized spacial score (nSPS) is 11.3. The van der Waals surface area contributed by atoms with Crippen LogP contribution in [-0.2, 0) is 13.2 Å². The van der Waals surface area contributed by atoms with Gasteiger partial charge >= 0.3 is 6.18 Å². The zero-order chi connectivity index (χ0) is 17.4. The highest BCUT2D eigenvalue weighted by atomic mass is 35.5. The van der Waals surface area contributed by atoms with E-state index in [9.17, 15) is 28.1 Å². The van der Waals surface area contributed by atoms with Crippen LogP contribution in [-0.4, -0.2) is 20.6 Å². The lowest BCUT2D eigenvalue weighted by atomic mass is 10.2. The van der Waals surface area contributed by atoms with E-state index in [1.165, 1.54) is 18.2 Å². The van der Waals surface area contributed by atoms with E-state index in [1.807, 2.05) is 0 Å². The van der Waals surface area contributed by atoms with Gasteiger partial charge in [-0.15, -0.1) is 0 Å². The highest BCUT2D eigenvalue weighted by Crippen LogP contribution is 2.35. The highest BCUT2D eigenvalue weighted by Gasteiger charge is 2.39. The Hall–Kier alpha value is -2.62. The van der Waals surface area contributed by atoms with Crippen molar-refractivity contribution in [3.8, 4) is 0 Å². The predicted molar refractivity (Wildman–Crippen MR) is 74.3 cm³/mol. The second kappa shape index (κ2) is 5.88. The lowest BCUT2D eigenvalue weighted by molar-refractivity contribution is -0.383. The Morgan fingerprint density at radius 2 is 2.00 bits per heavy atom. The molecule has 0 aliphatic carbocycles. The molecule has 0 spiro atoms. The predicted octanol–water partition coefficient (Wildman–Crippen LogP) is 3.25. The fourth-order valence-electron chi connectivity index (χ4n) is 1.85. The number of benzene rings is 1. The van der Waals surface area contributed by atoms with Crippen LogP contribution in [0.3, 0.4) is 0 Å². The van der Waals surface area contributed by atoms with Crippen molar-refractivity contribution in [2.75, 3.05) is 5.32 Å². The first-order chi connectivity index (χ1) is 10.6. The first-order valence-electron chi connectivity index (χ1n) is 5.97. The van der Waals surface area contributed by atoms with Crippen LogP contribution in [0.5, 0.6) is 0 Å². The smallest absolute Gasteiger partial charge is 0.315 e. The van der Waals surface area contributed by atoms with Gasteiger partial charge in [-0.05, 0) is 6.07 Å². The standard InChI is InChI=1S/C12H8ClF3N4O3/c1-19-9(8(13)10(18-19)12(14,15)16)11(21)17-6-4-2-3-5-7(6)20(22)23/h2-5H,1H3,(H,17,21). The zero-order valence-electron chi connectivity index (χ0n) is 11.4. The monoisotopic (exact) mass is 348 g/mol. The van der Waals surface area contributed by atoms with Gasteiger partial charge < -0.3 is 5.32 Å². The summed E-state index contributed by atoms with van der Waals surface area (Å²) in [6, 6.07) is 5.19. The van der Waals surface area contributed by atoms with Gasteiger partial charge in [0.1, 0.15) is 16.4 Å². The summed E-state index contributed by atoms with van der Waals surface area (Å²) < 4.78 is 38.8. The van der Waals surface area contributed by atoms with Crippen molar-refractivity contribution in [3.63, 3.8) is 0 Å². The molecule has 2 aromatic rings. The number of nitro benzene ring substituents is 1. The summed E-state index contributed by atoms with van der Waals surface area (Å²) in [5.41, 5.74) is -2.55. The number of para-hydroxylation sites is 2. The van der Waals surface area contributed by atoms with E-state index < -0.39 is 39.1 Å². The van der Waals surface area contributed by atoms with Gasteiger partial charge in [-0.25, -0.2) is 0 Å². The lowest BCUT2D eigenvalue weighted by Crippen LogP contribution is -2.17. The van der Waals surface area contributed by atoms with Crippen LogP contribution in [0.1, 0.15) is 16.2 Å². The number of nitro groups is 1. The maximum atomic E-state index is 12.7. The molecule has 0 unspecified atom stereocenters. The Balaban J connectivity index is 2.40. The van der Waals surface area contributed by atoms with Gasteiger partial charge in [0.05, 0.1) is 4.92 Å². The Bertz CT molecular complexity index is 788. The number of carbonyl (C=O) groups excluding carboxylic acids is 1. The number of rotatable bonds is 3. The number of hydrogen-bond acceptors (Lipinski definition) is 4. The number of nitrogens with zero attached hydrogens (tertiary/aromatic N) is 3.